The van der Waals surface area contributed by atoms with E-state index < -0.39 is 18.2 Å². The van der Waals surface area contributed by atoms with Gasteiger partial charge in [0.25, 0.3) is 0 Å². The molecule has 0 bridgehead atoms. The molecule has 0 aromatic carbocycles. The average Bonchev–Trinajstić information content (AvgIpc) is 3.35. The van der Waals surface area contributed by atoms with Gasteiger partial charge in [-0.2, -0.15) is 0 Å². The Kier molecular flexibility index (Phi) is 6.13. The minimum Gasteiger partial charge on any atom is -0.410 e. The van der Waals surface area contributed by atoms with Crippen LogP contribution in [0.1, 0.15) is 58.8 Å². The van der Waals surface area contributed by atoms with Crippen molar-refractivity contribution in [2.75, 3.05) is 19.8 Å². The lowest BCUT2D eigenvalue weighted by atomic mass is 9.84. The lowest BCUT2D eigenvalue weighted by molar-refractivity contribution is -0.323. The van der Waals surface area contributed by atoms with Crippen molar-refractivity contribution in [2.45, 2.75) is 77.2 Å². The molecule has 0 spiro atoms. The van der Waals surface area contributed by atoms with Gasteiger partial charge in [0.15, 0.2) is 5.79 Å². The quantitative estimate of drug-likeness (QED) is 0.523. The van der Waals surface area contributed by atoms with Crippen molar-refractivity contribution in [1.82, 2.24) is 0 Å². The van der Waals surface area contributed by atoms with Crippen LogP contribution in [0.2, 0.25) is 0 Å². The van der Waals surface area contributed by atoms with Gasteiger partial charge < -0.3 is 23.7 Å². The molecule has 138 valence electrons. The molecule has 0 N–H and O–H groups in total. The summed E-state index contributed by atoms with van der Waals surface area (Å²) in [4.78, 5) is 10.9. The highest BCUT2D eigenvalue weighted by atomic mass is 16.9. The first kappa shape index (κ1) is 18.1. The fraction of sp³-hybridized carbons (Fsp3) is 0.944. The maximum atomic E-state index is 10.9. The van der Waals surface area contributed by atoms with Crippen LogP contribution in [0.4, 0.5) is 0 Å². The Bertz CT molecular complexity index is 406. The number of ether oxygens (including phenoxy) is 5. The Hall–Kier alpha value is -0.690. The number of carbonyl (C=O) groups excluding carboxylic acids is 1. The van der Waals surface area contributed by atoms with Crippen molar-refractivity contribution in [3.63, 3.8) is 0 Å². The summed E-state index contributed by atoms with van der Waals surface area (Å²) in [5.74, 6) is -0.0667. The van der Waals surface area contributed by atoms with E-state index in [-0.39, 0.29) is 12.0 Å². The molecular formula is C18H30O6. The van der Waals surface area contributed by atoms with Crippen molar-refractivity contribution < 1.29 is 28.5 Å². The van der Waals surface area contributed by atoms with E-state index in [1.54, 1.807) is 0 Å². The first-order chi connectivity index (χ1) is 11.6. The first-order valence-corrected chi connectivity index (χ1v) is 9.33. The summed E-state index contributed by atoms with van der Waals surface area (Å²) in [5.41, 5.74) is 0. The van der Waals surface area contributed by atoms with Crippen molar-refractivity contribution in [1.29, 1.82) is 0 Å². The fourth-order valence-electron chi connectivity index (χ4n) is 3.73. The van der Waals surface area contributed by atoms with Gasteiger partial charge in [0.2, 0.25) is 0 Å². The number of hydrogen-bond acceptors (Lipinski definition) is 6. The second-order valence-corrected chi connectivity index (χ2v) is 7.27. The van der Waals surface area contributed by atoms with Gasteiger partial charge in [0, 0.05) is 6.92 Å². The highest BCUT2D eigenvalue weighted by Gasteiger charge is 2.56. The van der Waals surface area contributed by atoms with Crippen molar-refractivity contribution in [2.24, 2.45) is 11.8 Å². The molecule has 0 radical (unpaired) electrons. The van der Waals surface area contributed by atoms with Crippen LogP contribution in [0.5, 0.6) is 0 Å². The number of carbonyl (C=O) groups is 1. The zero-order chi connectivity index (χ0) is 17.0. The predicted octanol–water partition coefficient (Wildman–Crippen LogP) is 2.99. The maximum absolute atomic E-state index is 10.9. The van der Waals surface area contributed by atoms with E-state index in [0.29, 0.717) is 19.8 Å². The SMILES string of the molecule is CCCCC1CCC(OC2(C3COC(OC(C)=O)OC3)CO2)CC1. The van der Waals surface area contributed by atoms with E-state index in [1.165, 1.54) is 39.0 Å². The predicted molar refractivity (Wildman–Crippen MR) is 86.0 cm³/mol. The number of hydrogen-bond donors (Lipinski definition) is 0. The third-order valence-electron chi connectivity index (χ3n) is 5.31. The molecule has 0 amide bonds. The zero-order valence-corrected chi connectivity index (χ0v) is 14.8. The summed E-state index contributed by atoms with van der Waals surface area (Å²) < 4.78 is 27.8. The topological polar surface area (TPSA) is 66.5 Å². The summed E-state index contributed by atoms with van der Waals surface area (Å²) in [6, 6.07) is 0. The molecule has 1 atom stereocenters. The lowest BCUT2D eigenvalue weighted by Crippen LogP contribution is -2.44. The molecule has 0 aromatic rings. The monoisotopic (exact) mass is 342 g/mol. The Balaban J connectivity index is 1.41. The molecule has 1 unspecified atom stereocenters. The number of unbranched alkanes of at least 4 members (excludes halogenated alkanes) is 1. The molecule has 3 rings (SSSR count). The van der Waals surface area contributed by atoms with Crippen LogP contribution in [0.15, 0.2) is 0 Å². The molecule has 24 heavy (non-hydrogen) atoms. The van der Waals surface area contributed by atoms with E-state index in [2.05, 4.69) is 6.92 Å². The van der Waals surface area contributed by atoms with Crippen LogP contribution in [0.3, 0.4) is 0 Å². The highest BCUT2D eigenvalue weighted by molar-refractivity contribution is 5.65. The minimum absolute atomic E-state index is 0.0297. The zero-order valence-electron chi connectivity index (χ0n) is 14.8. The van der Waals surface area contributed by atoms with Gasteiger partial charge in [-0.05, 0) is 31.6 Å². The second kappa shape index (κ2) is 8.13. The molecule has 6 nitrogen and oxygen atoms in total. The molecule has 3 aliphatic rings. The summed E-state index contributed by atoms with van der Waals surface area (Å²) >= 11 is 0. The van der Waals surface area contributed by atoms with Gasteiger partial charge in [0.1, 0.15) is 6.61 Å². The molecule has 2 saturated heterocycles. The normalized spacial score (nSPS) is 39.4. The molecule has 3 fully saturated rings. The Morgan fingerprint density at radius 2 is 1.83 bits per heavy atom. The maximum Gasteiger partial charge on any atom is 0.318 e. The summed E-state index contributed by atoms with van der Waals surface area (Å²) in [6.45, 7) is 4.13. The Labute approximate surface area is 144 Å². The largest absolute Gasteiger partial charge is 0.410 e. The number of epoxide rings is 1. The van der Waals surface area contributed by atoms with Gasteiger partial charge in [-0.25, -0.2) is 0 Å². The number of rotatable bonds is 7. The molecule has 1 saturated carbocycles. The fourth-order valence-corrected chi connectivity index (χ4v) is 3.73. The van der Waals surface area contributed by atoms with Gasteiger partial charge >= 0.3 is 12.4 Å². The van der Waals surface area contributed by atoms with Gasteiger partial charge in [-0.1, -0.05) is 26.2 Å². The summed E-state index contributed by atoms with van der Waals surface area (Å²) in [5, 5.41) is 0. The van der Waals surface area contributed by atoms with Crippen LogP contribution in [-0.2, 0) is 28.5 Å². The van der Waals surface area contributed by atoms with Crippen molar-refractivity contribution in [3.05, 3.63) is 0 Å². The van der Waals surface area contributed by atoms with E-state index in [1.807, 2.05) is 0 Å². The second-order valence-electron chi connectivity index (χ2n) is 7.27. The number of esters is 1. The van der Waals surface area contributed by atoms with Crippen LogP contribution in [0, 0.1) is 11.8 Å². The summed E-state index contributed by atoms with van der Waals surface area (Å²) in [7, 11) is 0. The third kappa shape index (κ3) is 4.69. The Morgan fingerprint density at radius 3 is 2.38 bits per heavy atom. The van der Waals surface area contributed by atoms with Gasteiger partial charge in [-0.15, -0.1) is 0 Å². The summed E-state index contributed by atoms with van der Waals surface area (Å²) in [6.07, 6.45) is 8.99. The van der Waals surface area contributed by atoms with E-state index in [4.69, 9.17) is 23.7 Å². The molecule has 6 heteroatoms. The smallest absolute Gasteiger partial charge is 0.318 e. The standard InChI is InChI=1S/C18H30O6/c1-3-4-5-14-6-8-16(9-7-14)24-18(12-22-18)15-10-20-17(21-11-15)23-13(2)19/h14-17H,3-12H2,1-2H3. The van der Waals surface area contributed by atoms with E-state index in [9.17, 15) is 4.79 Å². The minimum atomic E-state index is -0.899. The van der Waals surface area contributed by atoms with Crippen LogP contribution < -0.4 is 0 Å². The van der Waals surface area contributed by atoms with Gasteiger partial charge in [-0.3, -0.25) is 4.79 Å². The molecule has 1 aliphatic carbocycles. The highest BCUT2D eigenvalue weighted by Crippen LogP contribution is 2.42. The lowest BCUT2D eigenvalue weighted by Gasteiger charge is -2.35. The molecular weight excluding hydrogens is 312 g/mol. The van der Waals surface area contributed by atoms with Crippen molar-refractivity contribution in [3.8, 4) is 0 Å². The van der Waals surface area contributed by atoms with Gasteiger partial charge in [0.05, 0.1) is 25.2 Å². The Morgan fingerprint density at radius 1 is 1.17 bits per heavy atom. The third-order valence-corrected chi connectivity index (χ3v) is 5.31. The molecule has 2 heterocycles. The van der Waals surface area contributed by atoms with Crippen molar-refractivity contribution >= 4 is 5.97 Å². The van der Waals surface area contributed by atoms with Crippen LogP contribution in [-0.4, -0.2) is 44.2 Å². The van der Waals surface area contributed by atoms with E-state index >= 15 is 0 Å². The first-order valence-electron chi connectivity index (χ1n) is 9.33. The van der Waals surface area contributed by atoms with Crippen LogP contribution in [0.25, 0.3) is 0 Å². The average molecular weight is 342 g/mol. The molecule has 2 aliphatic heterocycles. The van der Waals surface area contributed by atoms with E-state index in [0.717, 1.165) is 18.8 Å². The molecule has 0 aromatic heterocycles. The van der Waals surface area contributed by atoms with Crippen LogP contribution >= 0.6 is 0 Å².